The Kier molecular flexibility index (Phi) is 3.62. The summed E-state index contributed by atoms with van der Waals surface area (Å²) in [6.07, 6.45) is 1.69. The molecule has 2 amide bonds. The highest BCUT2D eigenvalue weighted by Gasteiger charge is 2.18. The zero-order chi connectivity index (χ0) is 15.5. The molecule has 0 atom stereocenters. The summed E-state index contributed by atoms with van der Waals surface area (Å²) in [4.78, 5) is 17.8. The first-order chi connectivity index (χ1) is 10.7. The Morgan fingerprint density at radius 2 is 1.82 bits per heavy atom. The van der Waals surface area contributed by atoms with Crippen LogP contribution in [0.3, 0.4) is 0 Å². The number of nitrogens with zero attached hydrogens (tertiary/aromatic N) is 2. The second-order valence-electron chi connectivity index (χ2n) is 4.72. The number of hydrogen-bond acceptors (Lipinski definition) is 3. The Morgan fingerprint density at radius 1 is 1.09 bits per heavy atom. The number of fused-ring (bicyclic) bond motifs is 1. The molecule has 0 fully saturated rings. The van der Waals surface area contributed by atoms with Gasteiger partial charge in [-0.3, -0.25) is 9.88 Å². The van der Waals surface area contributed by atoms with Crippen molar-refractivity contribution in [1.29, 1.82) is 0 Å². The molecule has 110 valence electrons. The fourth-order valence-corrected chi connectivity index (χ4v) is 2.38. The smallest absolute Gasteiger partial charge is 0.323 e. The lowest BCUT2D eigenvalue weighted by Gasteiger charge is -2.22. The number of amides is 2. The Bertz CT molecular complexity index is 810. The summed E-state index contributed by atoms with van der Waals surface area (Å²) in [7, 11) is 1.59. The van der Waals surface area contributed by atoms with Gasteiger partial charge in [0.25, 0.3) is 0 Å². The van der Waals surface area contributed by atoms with Crippen LogP contribution < -0.4 is 15.4 Å². The monoisotopic (exact) mass is 293 g/mol. The van der Waals surface area contributed by atoms with Crippen LogP contribution in [0.4, 0.5) is 16.2 Å². The molecule has 0 saturated heterocycles. The predicted octanol–water partition coefficient (Wildman–Crippen LogP) is 3.46. The van der Waals surface area contributed by atoms with Gasteiger partial charge in [0.2, 0.25) is 0 Å². The maximum atomic E-state index is 12.0. The van der Waals surface area contributed by atoms with Gasteiger partial charge in [-0.1, -0.05) is 18.2 Å². The van der Waals surface area contributed by atoms with Crippen molar-refractivity contribution in [3.8, 4) is 5.75 Å². The van der Waals surface area contributed by atoms with E-state index in [0.29, 0.717) is 17.1 Å². The number of hydrogen-bond donors (Lipinski definition) is 1. The van der Waals surface area contributed by atoms with Crippen LogP contribution in [0, 0.1) is 0 Å². The van der Waals surface area contributed by atoms with Gasteiger partial charge in [-0.2, -0.15) is 0 Å². The van der Waals surface area contributed by atoms with E-state index in [1.54, 1.807) is 37.6 Å². The molecule has 0 unspecified atom stereocenters. The van der Waals surface area contributed by atoms with E-state index in [-0.39, 0.29) is 0 Å². The molecule has 0 bridgehead atoms. The number of ether oxygens (including phenoxy) is 1. The normalized spacial score (nSPS) is 10.4. The van der Waals surface area contributed by atoms with Gasteiger partial charge >= 0.3 is 6.03 Å². The molecule has 0 aliphatic heterocycles. The third kappa shape index (κ3) is 2.44. The second kappa shape index (κ2) is 5.73. The number of anilines is 2. The first kappa shape index (κ1) is 13.9. The van der Waals surface area contributed by atoms with E-state index in [4.69, 9.17) is 10.5 Å². The lowest BCUT2D eigenvalue weighted by atomic mass is 10.1. The zero-order valence-corrected chi connectivity index (χ0v) is 12.1. The lowest BCUT2D eigenvalue weighted by Crippen LogP contribution is -2.31. The maximum Gasteiger partial charge on any atom is 0.323 e. The van der Waals surface area contributed by atoms with Gasteiger partial charge in [0.15, 0.2) is 0 Å². The summed E-state index contributed by atoms with van der Waals surface area (Å²) in [6.45, 7) is 0. The Balaban J connectivity index is 2.16. The average molecular weight is 293 g/mol. The summed E-state index contributed by atoms with van der Waals surface area (Å²) >= 11 is 0. The molecule has 0 radical (unpaired) electrons. The molecule has 2 aromatic carbocycles. The number of urea groups is 1. The van der Waals surface area contributed by atoms with E-state index in [1.807, 2.05) is 30.3 Å². The standard InChI is InChI=1S/C17H15N3O2/c1-22-14-9-7-13(8-10-14)20(17(18)21)15-6-2-4-12-5-3-11-19-16(12)15/h2-11H,1H3,(H2,18,21). The largest absolute Gasteiger partial charge is 0.497 e. The number of aromatic nitrogens is 1. The van der Waals surface area contributed by atoms with Gasteiger partial charge < -0.3 is 10.5 Å². The van der Waals surface area contributed by atoms with Crippen molar-refractivity contribution in [2.24, 2.45) is 5.73 Å². The van der Waals surface area contributed by atoms with Crippen molar-refractivity contribution in [2.75, 3.05) is 12.0 Å². The van der Waals surface area contributed by atoms with Crippen molar-refractivity contribution in [2.45, 2.75) is 0 Å². The number of carbonyl (C=O) groups is 1. The number of pyridine rings is 1. The fraction of sp³-hybridized carbons (Fsp3) is 0.0588. The van der Waals surface area contributed by atoms with Gasteiger partial charge in [0.05, 0.1) is 24.0 Å². The molecule has 5 heteroatoms. The number of nitrogens with two attached hydrogens (primary N) is 1. The Labute approximate surface area is 127 Å². The summed E-state index contributed by atoms with van der Waals surface area (Å²) < 4.78 is 5.14. The summed E-state index contributed by atoms with van der Waals surface area (Å²) in [5, 5.41) is 0.944. The molecule has 3 rings (SSSR count). The minimum Gasteiger partial charge on any atom is -0.497 e. The average Bonchev–Trinajstić information content (AvgIpc) is 2.56. The van der Waals surface area contributed by atoms with Crippen molar-refractivity contribution in [1.82, 2.24) is 4.98 Å². The van der Waals surface area contributed by atoms with E-state index in [9.17, 15) is 4.79 Å². The molecule has 0 aliphatic carbocycles. The van der Waals surface area contributed by atoms with Crippen LogP contribution in [0.2, 0.25) is 0 Å². The first-order valence-electron chi connectivity index (χ1n) is 6.78. The minimum atomic E-state index is -0.566. The van der Waals surface area contributed by atoms with Crippen LogP contribution in [-0.4, -0.2) is 18.1 Å². The van der Waals surface area contributed by atoms with Crippen LogP contribution in [0.1, 0.15) is 0 Å². The van der Waals surface area contributed by atoms with Crippen molar-refractivity contribution >= 4 is 28.3 Å². The van der Waals surface area contributed by atoms with Crippen molar-refractivity contribution in [3.63, 3.8) is 0 Å². The molecule has 2 N–H and O–H groups in total. The van der Waals surface area contributed by atoms with Crippen LogP contribution in [0.5, 0.6) is 5.75 Å². The van der Waals surface area contributed by atoms with Crippen LogP contribution in [0.15, 0.2) is 60.8 Å². The lowest BCUT2D eigenvalue weighted by molar-refractivity contribution is 0.256. The van der Waals surface area contributed by atoms with Crippen LogP contribution in [-0.2, 0) is 0 Å². The molecule has 0 saturated carbocycles. The third-order valence-corrected chi connectivity index (χ3v) is 3.40. The predicted molar refractivity (Wildman–Crippen MR) is 86.5 cm³/mol. The fourth-order valence-electron chi connectivity index (χ4n) is 2.38. The quantitative estimate of drug-likeness (QED) is 0.804. The second-order valence-corrected chi connectivity index (χ2v) is 4.72. The first-order valence-corrected chi connectivity index (χ1v) is 6.78. The zero-order valence-electron chi connectivity index (χ0n) is 12.1. The molecule has 1 heterocycles. The highest BCUT2D eigenvalue weighted by Crippen LogP contribution is 2.31. The van der Waals surface area contributed by atoms with E-state index in [1.165, 1.54) is 4.90 Å². The molecule has 1 aromatic heterocycles. The maximum absolute atomic E-state index is 12.0. The number of para-hydroxylation sites is 1. The molecular weight excluding hydrogens is 278 g/mol. The molecule has 0 spiro atoms. The summed E-state index contributed by atoms with van der Waals surface area (Å²) in [5.74, 6) is 0.712. The van der Waals surface area contributed by atoms with Crippen LogP contribution >= 0.6 is 0 Å². The topological polar surface area (TPSA) is 68.5 Å². The third-order valence-electron chi connectivity index (χ3n) is 3.40. The number of rotatable bonds is 3. The highest BCUT2D eigenvalue weighted by atomic mass is 16.5. The SMILES string of the molecule is COc1ccc(N(C(N)=O)c2cccc3cccnc23)cc1. The number of primary amides is 1. The number of methoxy groups -OCH3 is 1. The number of carbonyl (C=O) groups excluding carboxylic acids is 1. The summed E-state index contributed by atoms with van der Waals surface area (Å²) in [5.41, 5.74) is 7.62. The molecular formula is C17H15N3O2. The van der Waals surface area contributed by atoms with Gasteiger partial charge in [0.1, 0.15) is 5.75 Å². The van der Waals surface area contributed by atoms with Gasteiger partial charge in [0, 0.05) is 11.6 Å². The van der Waals surface area contributed by atoms with E-state index in [2.05, 4.69) is 4.98 Å². The van der Waals surface area contributed by atoms with Gasteiger partial charge in [-0.15, -0.1) is 0 Å². The number of benzene rings is 2. The minimum absolute atomic E-state index is 0.566. The molecule has 0 aliphatic rings. The molecule has 3 aromatic rings. The summed E-state index contributed by atoms with van der Waals surface area (Å²) in [6, 6.07) is 16.0. The van der Waals surface area contributed by atoms with Gasteiger partial charge in [-0.25, -0.2) is 4.79 Å². The van der Waals surface area contributed by atoms with Crippen LogP contribution in [0.25, 0.3) is 10.9 Å². The van der Waals surface area contributed by atoms with E-state index >= 15 is 0 Å². The van der Waals surface area contributed by atoms with E-state index in [0.717, 1.165) is 10.9 Å². The Hall–Kier alpha value is -3.08. The molecule has 5 nitrogen and oxygen atoms in total. The van der Waals surface area contributed by atoms with Crippen molar-refractivity contribution < 1.29 is 9.53 Å². The van der Waals surface area contributed by atoms with Gasteiger partial charge in [-0.05, 0) is 36.4 Å². The Morgan fingerprint density at radius 3 is 2.50 bits per heavy atom. The van der Waals surface area contributed by atoms with E-state index < -0.39 is 6.03 Å². The van der Waals surface area contributed by atoms with Crippen molar-refractivity contribution in [3.05, 3.63) is 60.8 Å². The highest BCUT2D eigenvalue weighted by molar-refractivity contribution is 6.05. The molecule has 22 heavy (non-hydrogen) atoms.